The molecule has 1 saturated carbocycles. The van der Waals surface area contributed by atoms with Gasteiger partial charge < -0.3 is 5.73 Å². The third-order valence-electron chi connectivity index (χ3n) is 3.04. The van der Waals surface area contributed by atoms with Gasteiger partial charge in [-0.2, -0.15) is 0 Å². The first kappa shape index (κ1) is 13.6. The SMILES string of the molecule is CCS(=O)(=O)CCCC(=O)CC(N)C1CC1. The molecule has 0 radical (unpaired) electrons. The topological polar surface area (TPSA) is 77.2 Å². The molecule has 1 aliphatic carbocycles. The zero-order valence-corrected chi connectivity index (χ0v) is 10.6. The van der Waals surface area contributed by atoms with Crippen molar-refractivity contribution in [3.05, 3.63) is 0 Å². The number of carbonyl (C=O) groups is 1. The molecule has 94 valence electrons. The first-order valence-corrected chi connectivity index (χ1v) is 7.74. The summed E-state index contributed by atoms with van der Waals surface area (Å²) in [5, 5.41) is 0. The smallest absolute Gasteiger partial charge is 0.150 e. The van der Waals surface area contributed by atoms with E-state index < -0.39 is 9.84 Å². The van der Waals surface area contributed by atoms with Crippen molar-refractivity contribution in [1.29, 1.82) is 0 Å². The molecule has 1 atom stereocenters. The number of Topliss-reactive ketones (excluding diaryl/α,β-unsaturated/α-hetero) is 1. The molecule has 1 aliphatic rings. The highest BCUT2D eigenvalue weighted by molar-refractivity contribution is 7.91. The normalized spacial score (nSPS) is 18.4. The Kier molecular flexibility index (Phi) is 4.92. The molecule has 0 spiro atoms. The quantitative estimate of drug-likeness (QED) is 0.691. The third-order valence-corrected chi connectivity index (χ3v) is 4.83. The second kappa shape index (κ2) is 5.77. The Morgan fingerprint density at radius 2 is 2.06 bits per heavy atom. The molecule has 16 heavy (non-hydrogen) atoms. The molecule has 0 aromatic carbocycles. The van der Waals surface area contributed by atoms with E-state index in [1.807, 2.05) is 0 Å². The lowest BCUT2D eigenvalue weighted by molar-refractivity contribution is -0.119. The molecule has 0 aromatic heterocycles. The molecule has 0 aliphatic heterocycles. The number of carbonyl (C=O) groups excluding carboxylic acids is 1. The minimum Gasteiger partial charge on any atom is -0.327 e. The summed E-state index contributed by atoms with van der Waals surface area (Å²) in [5.41, 5.74) is 5.82. The van der Waals surface area contributed by atoms with Gasteiger partial charge in [-0.05, 0) is 25.2 Å². The lowest BCUT2D eigenvalue weighted by atomic mass is 10.0. The number of nitrogens with two attached hydrogens (primary N) is 1. The van der Waals surface area contributed by atoms with E-state index in [-0.39, 0.29) is 23.3 Å². The first-order valence-electron chi connectivity index (χ1n) is 5.92. The lowest BCUT2D eigenvalue weighted by Gasteiger charge is -2.08. The standard InChI is InChI=1S/C11H21NO3S/c1-2-16(14,15)7-3-4-10(13)8-11(12)9-5-6-9/h9,11H,2-8,12H2,1H3. The van der Waals surface area contributed by atoms with E-state index >= 15 is 0 Å². The molecule has 4 nitrogen and oxygen atoms in total. The Balaban J connectivity index is 2.15. The van der Waals surface area contributed by atoms with Gasteiger partial charge in [0.2, 0.25) is 0 Å². The predicted molar refractivity (Wildman–Crippen MR) is 63.9 cm³/mol. The Labute approximate surface area is 97.5 Å². The number of hydrogen-bond donors (Lipinski definition) is 1. The second-order valence-corrected chi connectivity index (χ2v) is 7.06. The van der Waals surface area contributed by atoms with Crippen molar-refractivity contribution in [2.24, 2.45) is 11.7 Å². The highest BCUT2D eigenvalue weighted by atomic mass is 32.2. The van der Waals surface area contributed by atoms with Crippen LogP contribution in [-0.4, -0.2) is 31.7 Å². The molecule has 0 aromatic rings. The molecule has 0 amide bonds. The van der Waals surface area contributed by atoms with Gasteiger partial charge in [-0.3, -0.25) is 4.79 Å². The molecular weight excluding hydrogens is 226 g/mol. The van der Waals surface area contributed by atoms with Crippen LogP contribution in [0.1, 0.15) is 39.0 Å². The fourth-order valence-corrected chi connectivity index (χ4v) is 2.56. The van der Waals surface area contributed by atoms with Gasteiger partial charge in [-0.15, -0.1) is 0 Å². The van der Waals surface area contributed by atoms with Gasteiger partial charge in [0, 0.05) is 24.6 Å². The van der Waals surface area contributed by atoms with Gasteiger partial charge in [-0.1, -0.05) is 6.92 Å². The minimum atomic E-state index is -2.93. The fraction of sp³-hybridized carbons (Fsp3) is 0.909. The van der Waals surface area contributed by atoms with Crippen LogP contribution in [0, 0.1) is 5.92 Å². The Bertz CT molecular complexity index is 333. The Hall–Kier alpha value is -0.420. The van der Waals surface area contributed by atoms with Gasteiger partial charge in [0.05, 0.1) is 5.75 Å². The second-order valence-electron chi connectivity index (χ2n) is 4.58. The summed E-state index contributed by atoms with van der Waals surface area (Å²) >= 11 is 0. The number of hydrogen-bond acceptors (Lipinski definition) is 4. The van der Waals surface area contributed by atoms with Gasteiger partial charge in [0.1, 0.15) is 15.6 Å². The van der Waals surface area contributed by atoms with Gasteiger partial charge >= 0.3 is 0 Å². The van der Waals surface area contributed by atoms with E-state index in [2.05, 4.69) is 0 Å². The summed E-state index contributed by atoms with van der Waals surface area (Å²) in [7, 11) is -2.93. The summed E-state index contributed by atoms with van der Waals surface area (Å²) in [5.74, 6) is 0.908. The monoisotopic (exact) mass is 247 g/mol. The fourth-order valence-electron chi connectivity index (χ4n) is 1.69. The minimum absolute atomic E-state index is 0.00437. The van der Waals surface area contributed by atoms with Crippen molar-refractivity contribution in [1.82, 2.24) is 0 Å². The zero-order chi connectivity index (χ0) is 12.2. The van der Waals surface area contributed by atoms with Crippen LogP contribution in [-0.2, 0) is 14.6 Å². The predicted octanol–water partition coefficient (Wildman–Crippen LogP) is 0.898. The molecular formula is C11H21NO3S. The van der Waals surface area contributed by atoms with Crippen molar-refractivity contribution in [2.75, 3.05) is 11.5 Å². The van der Waals surface area contributed by atoms with Crippen LogP contribution in [0.25, 0.3) is 0 Å². The van der Waals surface area contributed by atoms with Crippen molar-refractivity contribution >= 4 is 15.6 Å². The molecule has 1 rings (SSSR count). The van der Waals surface area contributed by atoms with E-state index in [4.69, 9.17) is 5.73 Å². The molecule has 1 fully saturated rings. The van der Waals surface area contributed by atoms with Gasteiger partial charge in [0.15, 0.2) is 0 Å². The lowest BCUT2D eigenvalue weighted by Crippen LogP contribution is -2.26. The molecule has 0 heterocycles. The van der Waals surface area contributed by atoms with Crippen LogP contribution in [0.4, 0.5) is 0 Å². The van der Waals surface area contributed by atoms with Crippen molar-refractivity contribution in [3.63, 3.8) is 0 Å². The molecule has 0 bridgehead atoms. The summed E-state index contributed by atoms with van der Waals surface area (Å²) in [6, 6.07) is -0.00437. The zero-order valence-electron chi connectivity index (χ0n) is 9.81. The number of rotatable bonds is 8. The van der Waals surface area contributed by atoms with E-state index in [1.165, 1.54) is 0 Å². The van der Waals surface area contributed by atoms with E-state index in [0.717, 1.165) is 12.8 Å². The largest absolute Gasteiger partial charge is 0.327 e. The number of sulfone groups is 1. The highest BCUT2D eigenvalue weighted by Gasteiger charge is 2.29. The molecule has 5 heteroatoms. The van der Waals surface area contributed by atoms with Crippen LogP contribution in [0.15, 0.2) is 0 Å². The Morgan fingerprint density at radius 3 is 2.56 bits per heavy atom. The van der Waals surface area contributed by atoms with Crippen LogP contribution >= 0.6 is 0 Å². The highest BCUT2D eigenvalue weighted by Crippen LogP contribution is 2.32. The van der Waals surface area contributed by atoms with Crippen LogP contribution < -0.4 is 5.73 Å². The number of ketones is 1. The van der Waals surface area contributed by atoms with Crippen molar-refractivity contribution in [2.45, 2.75) is 45.1 Å². The van der Waals surface area contributed by atoms with E-state index in [9.17, 15) is 13.2 Å². The maximum Gasteiger partial charge on any atom is 0.150 e. The van der Waals surface area contributed by atoms with Crippen LogP contribution in [0.2, 0.25) is 0 Å². The maximum absolute atomic E-state index is 11.5. The third kappa shape index (κ3) is 5.07. The summed E-state index contributed by atoms with van der Waals surface area (Å²) in [6.07, 6.45) is 3.47. The van der Waals surface area contributed by atoms with Crippen molar-refractivity contribution < 1.29 is 13.2 Å². The van der Waals surface area contributed by atoms with Gasteiger partial charge in [0.25, 0.3) is 0 Å². The van der Waals surface area contributed by atoms with Crippen LogP contribution in [0.3, 0.4) is 0 Å². The Morgan fingerprint density at radius 1 is 1.44 bits per heavy atom. The summed E-state index contributed by atoms with van der Waals surface area (Å²) in [6.45, 7) is 1.63. The average molecular weight is 247 g/mol. The summed E-state index contributed by atoms with van der Waals surface area (Å²) < 4.78 is 22.4. The summed E-state index contributed by atoms with van der Waals surface area (Å²) in [4.78, 5) is 11.5. The maximum atomic E-state index is 11.5. The average Bonchev–Trinajstić information content (AvgIpc) is 3.00. The van der Waals surface area contributed by atoms with E-state index in [0.29, 0.717) is 25.2 Å². The van der Waals surface area contributed by atoms with Crippen molar-refractivity contribution in [3.8, 4) is 0 Å². The van der Waals surface area contributed by atoms with Gasteiger partial charge in [-0.25, -0.2) is 8.42 Å². The molecule has 0 saturated heterocycles. The van der Waals surface area contributed by atoms with E-state index in [1.54, 1.807) is 6.92 Å². The van der Waals surface area contributed by atoms with Crippen LogP contribution in [0.5, 0.6) is 0 Å². The first-order chi connectivity index (χ1) is 7.44. The molecule has 2 N–H and O–H groups in total. The molecule has 1 unspecified atom stereocenters.